The molecule has 1 aromatic carbocycles. The van der Waals surface area contributed by atoms with Crippen LogP contribution in [0.25, 0.3) is 0 Å². The fourth-order valence-corrected chi connectivity index (χ4v) is 1.80. The van der Waals surface area contributed by atoms with Gasteiger partial charge in [-0.3, -0.25) is 5.10 Å². The smallest absolute Gasteiger partial charge is 0.118 e. The van der Waals surface area contributed by atoms with Crippen LogP contribution in [0.5, 0.6) is 5.75 Å². The number of ether oxygens (including phenoxy) is 1. The number of benzene rings is 1. The summed E-state index contributed by atoms with van der Waals surface area (Å²) in [6.45, 7) is 3.85. The number of nitrogens with one attached hydrogen (secondary N) is 2. The molecule has 19 heavy (non-hydrogen) atoms. The summed E-state index contributed by atoms with van der Waals surface area (Å²) >= 11 is 0. The van der Waals surface area contributed by atoms with Crippen LogP contribution in [0.3, 0.4) is 0 Å². The van der Waals surface area contributed by atoms with Crippen molar-refractivity contribution in [3.8, 4) is 5.75 Å². The molecule has 0 spiro atoms. The van der Waals surface area contributed by atoms with Crippen LogP contribution < -0.4 is 10.1 Å². The maximum Gasteiger partial charge on any atom is 0.118 e. The number of halogens is 1. The minimum absolute atomic E-state index is 0. The molecule has 0 unspecified atom stereocenters. The molecule has 4 nitrogen and oxygen atoms in total. The molecule has 0 amide bonds. The molecule has 5 heteroatoms. The molecule has 0 aliphatic carbocycles. The lowest BCUT2D eigenvalue weighted by atomic mass is 10.1. The molecule has 0 bridgehead atoms. The molecule has 0 saturated carbocycles. The normalized spacial score (nSPS) is 10.0. The number of aromatic nitrogens is 2. The van der Waals surface area contributed by atoms with E-state index >= 15 is 0 Å². The average Bonchev–Trinajstić information content (AvgIpc) is 2.81. The first-order valence-corrected chi connectivity index (χ1v) is 6.12. The van der Waals surface area contributed by atoms with Crippen molar-refractivity contribution in [3.63, 3.8) is 0 Å². The second kappa shape index (κ2) is 7.81. The molecule has 0 atom stereocenters. The third kappa shape index (κ3) is 4.58. The molecular weight excluding hydrogens is 262 g/mol. The van der Waals surface area contributed by atoms with E-state index in [9.17, 15) is 0 Å². The maximum absolute atomic E-state index is 5.13. The van der Waals surface area contributed by atoms with Crippen molar-refractivity contribution in [1.82, 2.24) is 15.5 Å². The zero-order chi connectivity index (χ0) is 12.8. The average molecular weight is 282 g/mol. The van der Waals surface area contributed by atoms with Gasteiger partial charge in [0.25, 0.3) is 0 Å². The summed E-state index contributed by atoms with van der Waals surface area (Å²) < 4.78 is 5.13. The highest BCUT2D eigenvalue weighted by Gasteiger charge is 1.99. The second-order valence-corrected chi connectivity index (χ2v) is 4.30. The molecule has 1 aromatic heterocycles. The molecule has 2 aromatic rings. The Balaban J connectivity index is 0.00000180. The number of aromatic amines is 1. The van der Waals surface area contributed by atoms with Gasteiger partial charge in [0, 0.05) is 17.8 Å². The molecule has 0 aliphatic heterocycles. The van der Waals surface area contributed by atoms with Gasteiger partial charge in [-0.25, -0.2) is 0 Å². The number of rotatable bonds is 6. The molecule has 0 aliphatic rings. The number of hydrogen-bond acceptors (Lipinski definition) is 3. The predicted octanol–water partition coefficient (Wildman–Crippen LogP) is 2.48. The van der Waals surface area contributed by atoms with Gasteiger partial charge >= 0.3 is 0 Å². The van der Waals surface area contributed by atoms with E-state index in [-0.39, 0.29) is 12.4 Å². The Bertz CT molecular complexity index is 482. The predicted molar refractivity (Wildman–Crippen MR) is 79.0 cm³/mol. The third-order valence-corrected chi connectivity index (χ3v) is 3.00. The van der Waals surface area contributed by atoms with Crippen molar-refractivity contribution in [2.45, 2.75) is 19.9 Å². The van der Waals surface area contributed by atoms with E-state index in [0.29, 0.717) is 0 Å². The summed E-state index contributed by atoms with van der Waals surface area (Å²) in [7, 11) is 1.68. The van der Waals surface area contributed by atoms with Crippen LogP contribution in [-0.4, -0.2) is 23.9 Å². The van der Waals surface area contributed by atoms with Gasteiger partial charge in [-0.05, 0) is 37.6 Å². The van der Waals surface area contributed by atoms with Gasteiger partial charge < -0.3 is 10.1 Å². The fraction of sp³-hybridized carbons (Fsp3) is 0.357. The first-order chi connectivity index (χ1) is 8.79. The second-order valence-electron chi connectivity index (χ2n) is 4.30. The van der Waals surface area contributed by atoms with E-state index in [4.69, 9.17) is 4.74 Å². The third-order valence-electron chi connectivity index (χ3n) is 3.00. The molecular formula is C14H20ClN3O. The van der Waals surface area contributed by atoms with E-state index in [0.717, 1.165) is 31.0 Å². The van der Waals surface area contributed by atoms with Gasteiger partial charge in [0.1, 0.15) is 5.75 Å². The van der Waals surface area contributed by atoms with Crippen LogP contribution in [-0.2, 0) is 13.0 Å². The van der Waals surface area contributed by atoms with E-state index in [1.54, 1.807) is 7.11 Å². The Labute approximate surface area is 120 Å². The Morgan fingerprint density at radius 3 is 2.58 bits per heavy atom. The lowest BCUT2D eigenvalue weighted by molar-refractivity contribution is 0.414. The van der Waals surface area contributed by atoms with Gasteiger partial charge in [0.15, 0.2) is 0 Å². The number of hydrogen-bond donors (Lipinski definition) is 2. The van der Waals surface area contributed by atoms with Crippen molar-refractivity contribution in [3.05, 3.63) is 47.3 Å². The maximum atomic E-state index is 5.13. The lowest BCUT2D eigenvalue weighted by Crippen LogP contribution is -2.16. The first kappa shape index (κ1) is 15.5. The monoisotopic (exact) mass is 281 g/mol. The Morgan fingerprint density at radius 2 is 2.00 bits per heavy atom. The summed E-state index contributed by atoms with van der Waals surface area (Å²) in [6.07, 6.45) is 2.89. The van der Waals surface area contributed by atoms with Crippen molar-refractivity contribution < 1.29 is 4.74 Å². The van der Waals surface area contributed by atoms with Crippen LogP contribution in [0, 0.1) is 6.92 Å². The van der Waals surface area contributed by atoms with Gasteiger partial charge in [0.2, 0.25) is 0 Å². The highest BCUT2D eigenvalue weighted by molar-refractivity contribution is 5.85. The quantitative estimate of drug-likeness (QED) is 0.800. The van der Waals surface area contributed by atoms with Crippen LogP contribution in [0.15, 0.2) is 30.5 Å². The number of nitrogens with zero attached hydrogens (tertiary/aromatic N) is 1. The summed E-state index contributed by atoms with van der Waals surface area (Å²) in [5.41, 5.74) is 3.67. The van der Waals surface area contributed by atoms with Crippen LogP contribution >= 0.6 is 12.4 Å². The SMILES string of the molecule is COc1ccc(CCNCc2cn[nH]c2C)cc1.Cl. The lowest BCUT2D eigenvalue weighted by Gasteiger charge is -2.05. The molecule has 0 saturated heterocycles. The standard InChI is InChI=1S/C14H19N3O.ClH/c1-11-13(10-16-17-11)9-15-8-7-12-3-5-14(18-2)6-4-12;/h3-6,10,15H,7-9H2,1-2H3,(H,16,17);1H. The summed E-state index contributed by atoms with van der Waals surface area (Å²) in [4.78, 5) is 0. The van der Waals surface area contributed by atoms with Crippen LogP contribution in [0.4, 0.5) is 0 Å². The number of methoxy groups -OCH3 is 1. The molecule has 104 valence electrons. The fourth-order valence-electron chi connectivity index (χ4n) is 1.80. The van der Waals surface area contributed by atoms with Gasteiger partial charge in [-0.2, -0.15) is 5.10 Å². The van der Waals surface area contributed by atoms with E-state index in [2.05, 4.69) is 27.6 Å². The first-order valence-electron chi connectivity index (χ1n) is 6.12. The molecule has 2 rings (SSSR count). The van der Waals surface area contributed by atoms with Gasteiger partial charge in [-0.15, -0.1) is 12.4 Å². The highest BCUT2D eigenvalue weighted by atomic mass is 35.5. The van der Waals surface area contributed by atoms with E-state index in [1.165, 1.54) is 11.1 Å². The Hall–Kier alpha value is -1.52. The zero-order valence-corrected chi connectivity index (χ0v) is 12.1. The van der Waals surface area contributed by atoms with Crippen LogP contribution in [0.2, 0.25) is 0 Å². The van der Waals surface area contributed by atoms with Crippen LogP contribution in [0.1, 0.15) is 16.8 Å². The number of aryl methyl sites for hydroxylation is 1. The minimum Gasteiger partial charge on any atom is -0.497 e. The van der Waals surface area contributed by atoms with Gasteiger partial charge in [-0.1, -0.05) is 12.1 Å². The largest absolute Gasteiger partial charge is 0.497 e. The van der Waals surface area contributed by atoms with Crippen molar-refractivity contribution in [1.29, 1.82) is 0 Å². The topological polar surface area (TPSA) is 49.9 Å². The minimum atomic E-state index is 0. The summed E-state index contributed by atoms with van der Waals surface area (Å²) in [5, 5.41) is 10.3. The Kier molecular flexibility index (Phi) is 6.39. The van der Waals surface area contributed by atoms with E-state index < -0.39 is 0 Å². The number of H-pyrrole nitrogens is 1. The highest BCUT2D eigenvalue weighted by Crippen LogP contribution is 2.11. The summed E-state index contributed by atoms with van der Waals surface area (Å²) in [5.74, 6) is 0.903. The zero-order valence-electron chi connectivity index (χ0n) is 11.3. The van der Waals surface area contributed by atoms with Gasteiger partial charge in [0.05, 0.1) is 13.3 Å². The van der Waals surface area contributed by atoms with Crippen molar-refractivity contribution >= 4 is 12.4 Å². The van der Waals surface area contributed by atoms with E-state index in [1.807, 2.05) is 25.3 Å². The Morgan fingerprint density at radius 1 is 1.26 bits per heavy atom. The molecule has 0 radical (unpaired) electrons. The van der Waals surface area contributed by atoms with Crippen molar-refractivity contribution in [2.75, 3.05) is 13.7 Å². The van der Waals surface area contributed by atoms with Crippen molar-refractivity contribution in [2.24, 2.45) is 0 Å². The summed E-state index contributed by atoms with van der Waals surface area (Å²) in [6, 6.07) is 8.19. The molecule has 1 heterocycles. The molecule has 0 fully saturated rings. The molecule has 2 N–H and O–H groups in total.